The van der Waals surface area contributed by atoms with E-state index < -0.39 is 18.1 Å². The number of nitrogens with one attached hydrogen (secondary N) is 2. The summed E-state index contributed by atoms with van der Waals surface area (Å²) in [5, 5.41) is 5.39. The number of ether oxygens (including phenoxy) is 1. The first-order valence-electron chi connectivity index (χ1n) is 6.52. The summed E-state index contributed by atoms with van der Waals surface area (Å²) in [7, 11) is 0. The molecule has 0 spiro atoms. The van der Waals surface area contributed by atoms with Crippen molar-refractivity contribution < 1.29 is 22.7 Å². The first kappa shape index (κ1) is 16.2. The zero-order valence-corrected chi connectivity index (χ0v) is 11.2. The monoisotopic (exact) mass is 282 g/mol. The molecular formula is C12H21F3N2O2. The second kappa shape index (κ2) is 7.09. The molecular weight excluding hydrogens is 261 g/mol. The number of hydrogen-bond donors (Lipinski definition) is 2. The third-order valence-corrected chi connectivity index (χ3v) is 3.15. The number of rotatable bonds is 5. The highest BCUT2D eigenvalue weighted by molar-refractivity contribution is 5.82. The van der Waals surface area contributed by atoms with Gasteiger partial charge in [-0.1, -0.05) is 0 Å². The van der Waals surface area contributed by atoms with E-state index in [1.165, 1.54) is 0 Å². The van der Waals surface area contributed by atoms with Gasteiger partial charge >= 0.3 is 6.18 Å². The van der Waals surface area contributed by atoms with Gasteiger partial charge in [0, 0.05) is 19.2 Å². The van der Waals surface area contributed by atoms with Gasteiger partial charge in [-0.2, -0.15) is 13.2 Å². The molecule has 3 atom stereocenters. The lowest BCUT2D eigenvalue weighted by molar-refractivity contribution is -0.180. The molecule has 19 heavy (non-hydrogen) atoms. The Bertz CT molecular complexity index is 289. The fourth-order valence-corrected chi connectivity index (χ4v) is 2.04. The Balaban J connectivity index is 2.33. The fraction of sp³-hybridized carbons (Fsp3) is 0.917. The molecule has 1 rings (SSSR count). The van der Waals surface area contributed by atoms with Gasteiger partial charge in [0.15, 0.2) is 0 Å². The Kier molecular flexibility index (Phi) is 6.06. The van der Waals surface area contributed by atoms with Crippen LogP contribution < -0.4 is 10.6 Å². The largest absolute Gasteiger partial charge is 0.393 e. The van der Waals surface area contributed by atoms with E-state index in [0.717, 1.165) is 0 Å². The molecule has 1 fully saturated rings. The van der Waals surface area contributed by atoms with Gasteiger partial charge in [-0.3, -0.25) is 4.79 Å². The fourth-order valence-electron chi connectivity index (χ4n) is 2.04. The SMILES string of the molecule is CCOCC(C)NC(=O)C1CCC(C(F)(F)F)CN1. The van der Waals surface area contributed by atoms with E-state index in [-0.39, 0.29) is 31.3 Å². The van der Waals surface area contributed by atoms with Gasteiger partial charge in [0.25, 0.3) is 0 Å². The van der Waals surface area contributed by atoms with E-state index in [4.69, 9.17) is 4.74 Å². The maximum Gasteiger partial charge on any atom is 0.393 e. The van der Waals surface area contributed by atoms with Crippen LogP contribution in [0.25, 0.3) is 0 Å². The highest BCUT2D eigenvalue weighted by atomic mass is 19.4. The second-order valence-corrected chi connectivity index (χ2v) is 4.85. The number of hydrogen-bond acceptors (Lipinski definition) is 3. The molecule has 0 aromatic carbocycles. The Morgan fingerprint density at radius 2 is 2.16 bits per heavy atom. The molecule has 7 heteroatoms. The summed E-state index contributed by atoms with van der Waals surface area (Å²) < 4.78 is 42.5. The van der Waals surface area contributed by atoms with Crippen LogP contribution in [0.15, 0.2) is 0 Å². The maximum absolute atomic E-state index is 12.5. The van der Waals surface area contributed by atoms with Crippen molar-refractivity contribution in [2.45, 2.75) is 44.9 Å². The summed E-state index contributed by atoms with van der Waals surface area (Å²) in [6.07, 6.45) is -3.98. The predicted molar refractivity (Wildman–Crippen MR) is 64.7 cm³/mol. The molecule has 112 valence electrons. The third-order valence-electron chi connectivity index (χ3n) is 3.15. The van der Waals surface area contributed by atoms with Gasteiger partial charge in [0.1, 0.15) is 0 Å². The average molecular weight is 282 g/mol. The molecule has 1 aliphatic heterocycles. The van der Waals surface area contributed by atoms with E-state index >= 15 is 0 Å². The summed E-state index contributed by atoms with van der Waals surface area (Å²) in [5.41, 5.74) is 0. The summed E-state index contributed by atoms with van der Waals surface area (Å²) in [6, 6.07) is -0.683. The van der Waals surface area contributed by atoms with E-state index in [1.807, 2.05) is 6.92 Å². The van der Waals surface area contributed by atoms with E-state index in [2.05, 4.69) is 10.6 Å². The van der Waals surface area contributed by atoms with Crippen molar-refractivity contribution in [3.05, 3.63) is 0 Å². The predicted octanol–water partition coefficient (Wildman–Crippen LogP) is 1.46. The van der Waals surface area contributed by atoms with Crippen molar-refractivity contribution in [3.63, 3.8) is 0 Å². The van der Waals surface area contributed by atoms with Crippen LogP contribution in [0.5, 0.6) is 0 Å². The van der Waals surface area contributed by atoms with Crippen LogP contribution in [-0.4, -0.2) is 43.9 Å². The number of alkyl halides is 3. The van der Waals surface area contributed by atoms with Gasteiger partial charge < -0.3 is 15.4 Å². The molecule has 2 N–H and O–H groups in total. The van der Waals surface area contributed by atoms with Crippen LogP contribution in [0.4, 0.5) is 13.2 Å². The Morgan fingerprint density at radius 3 is 2.63 bits per heavy atom. The molecule has 0 radical (unpaired) electrons. The Morgan fingerprint density at radius 1 is 1.47 bits per heavy atom. The summed E-state index contributed by atoms with van der Waals surface area (Å²) in [5.74, 6) is -1.61. The van der Waals surface area contributed by atoms with Gasteiger partial charge in [0.2, 0.25) is 5.91 Å². The lowest BCUT2D eigenvalue weighted by atomic mass is 9.94. The number of piperidine rings is 1. The molecule has 1 amide bonds. The third kappa shape index (κ3) is 5.36. The molecule has 0 aliphatic carbocycles. The minimum atomic E-state index is -4.18. The number of amides is 1. The smallest absolute Gasteiger partial charge is 0.380 e. The van der Waals surface area contributed by atoms with E-state index in [0.29, 0.717) is 13.2 Å². The van der Waals surface area contributed by atoms with Gasteiger partial charge in [-0.15, -0.1) is 0 Å². The van der Waals surface area contributed by atoms with Crippen molar-refractivity contribution in [1.82, 2.24) is 10.6 Å². The first-order chi connectivity index (χ1) is 8.84. The lowest BCUT2D eigenvalue weighted by Gasteiger charge is -2.31. The van der Waals surface area contributed by atoms with Crippen molar-refractivity contribution >= 4 is 5.91 Å². The molecule has 0 aromatic rings. The van der Waals surface area contributed by atoms with Gasteiger partial charge in [-0.25, -0.2) is 0 Å². The normalized spacial score (nSPS) is 25.9. The maximum atomic E-state index is 12.5. The minimum absolute atomic E-state index is 0.00553. The molecule has 1 saturated heterocycles. The van der Waals surface area contributed by atoms with Crippen molar-refractivity contribution in [1.29, 1.82) is 0 Å². The molecule has 1 aliphatic rings. The lowest BCUT2D eigenvalue weighted by Crippen LogP contribution is -2.53. The number of halogens is 3. The van der Waals surface area contributed by atoms with Crippen molar-refractivity contribution in [3.8, 4) is 0 Å². The summed E-state index contributed by atoms with van der Waals surface area (Å²) in [4.78, 5) is 11.8. The van der Waals surface area contributed by atoms with Crippen LogP contribution >= 0.6 is 0 Å². The molecule has 0 saturated carbocycles. The van der Waals surface area contributed by atoms with Gasteiger partial charge in [-0.05, 0) is 26.7 Å². The Hall–Kier alpha value is -0.820. The zero-order chi connectivity index (χ0) is 14.5. The first-order valence-corrected chi connectivity index (χ1v) is 6.52. The molecule has 0 aromatic heterocycles. The van der Waals surface area contributed by atoms with E-state index in [9.17, 15) is 18.0 Å². The molecule has 4 nitrogen and oxygen atoms in total. The topological polar surface area (TPSA) is 50.4 Å². The zero-order valence-electron chi connectivity index (χ0n) is 11.2. The van der Waals surface area contributed by atoms with Crippen LogP contribution in [0, 0.1) is 5.92 Å². The van der Waals surface area contributed by atoms with Crippen LogP contribution in [0.2, 0.25) is 0 Å². The second-order valence-electron chi connectivity index (χ2n) is 4.85. The van der Waals surface area contributed by atoms with Crippen molar-refractivity contribution in [2.24, 2.45) is 5.92 Å². The highest BCUT2D eigenvalue weighted by Gasteiger charge is 2.42. The highest BCUT2D eigenvalue weighted by Crippen LogP contribution is 2.31. The Labute approximate surface area is 111 Å². The molecule has 0 bridgehead atoms. The van der Waals surface area contributed by atoms with Crippen LogP contribution in [0.3, 0.4) is 0 Å². The molecule has 1 heterocycles. The summed E-state index contributed by atoms with van der Waals surface area (Å²) >= 11 is 0. The quantitative estimate of drug-likeness (QED) is 0.802. The van der Waals surface area contributed by atoms with Crippen molar-refractivity contribution in [2.75, 3.05) is 19.8 Å². The number of carbonyl (C=O) groups is 1. The average Bonchev–Trinajstić information content (AvgIpc) is 2.35. The van der Waals surface area contributed by atoms with E-state index in [1.54, 1.807) is 6.92 Å². The minimum Gasteiger partial charge on any atom is -0.380 e. The molecule has 3 unspecified atom stereocenters. The van der Waals surface area contributed by atoms with Crippen LogP contribution in [0.1, 0.15) is 26.7 Å². The number of carbonyl (C=O) groups excluding carboxylic acids is 1. The van der Waals surface area contributed by atoms with Gasteiger partial charge in [0.05, 0.1) is 18.6 Å². The standard InChI is InChI=1S/C12H21F3N2O2/c1-3-19-7-8(2)17-11(18)10-5-4-9(6-16-10)12(13,14)15/h8-10,16H,3-7H2,1-2H3,(H,17,18). The summed E-state index contributed by atoms with van der Waals surface area (Å²) in [6.45, 7) is 4.43. The van der Waals surface area contributed by atoms with Crippen LogP contribution in [-0.2, 0) is 9.53 Å².